The van der Waals surface area contributed by atoms with Crippen molar-refractivity contribution in [1.82, 2.24) is 9.55 Å². The number of amides is 1. The molecule has 0 saturated carbocycles. The molecule has 0 spiro atoms. The van der Waals surface area contributed by atoms with Crippen molar-refractivity contribution in [3.8, 4) is 11.4 Å². The number of pyridine rings is 2. The first-order chi connectivity index (χ1) is 18.6. The molecule has 1 unspecified atom stereocenters. The summed E-state index contributed by atoms with van der Waals surface area (Å²) in [6.45, 7) is 2.79. The van der Waals surface area contributed by atoms with Crippen LogP contribution in [0.1, 0.15) is 59.1 Å². The summed E-state index contributed by atoms with van der Waals surface area (Å²) >= 11 is 0. The van der Waals surface area contributed by atoms with Gasteiger partial charge in [0.05, 0.1) is 42.2 Å². The lowest BCUT2D eigenvalue weighted by molar-refractivity contribution is -0.172. The fourth-order valence-corrected chi connectivity index (χ4v) is 6.47. The van der Waals surface area contributed by atoms with Crippen LogP contribution in [0.5, 0.6) is 0 Å². The van der Waals surface area contributed by atoms with Crippen LogP contribution in [0.4, 0.5) is 4.39 Å². The molecule has 0 fully saturated rings. The van der Waals surface area contributed by atoms with E-state index >= 15 is 4.39 Å². The lowest BCUT2D eigenvalue weighted by Gasteiger charge is -2.33. The minimum Gasteiger partial charge on any atom is -0.458 e. The van der Waals surface area contributed by atoms with Crippen molar-refractivity contribution in [3.05, 3.63) is 61.7 Å². The first-order valence-corrected chi connectivity index (χ1v) is 13.0. The minimum absolute atomic E-state index is 0.00337. The Balaban J connectivity index is 1.66. The number of halogens is 1. The topological polar surface area (TPSA) is 154 Å². The molecule has 0 bridgehead atoms. The van der Waals surface area contributed by atoms with Crippen LogP contribution in [0, 0.1) is 12.7 Å². The quantitative estimate of drug-likeness (QED) is 0.312. The number of nitrogens with two attached hydrogens (primary N) is 1. The Hall–Kier alpha value is -3.67. The van der Waals surface area contributed by atoms with E-state index in [-0.39, 0.29) is 43.9 Å². The van der Waals surface area contributed by atoms with E-state index in [2.05, 4.69) is 0 Å². The third kappa shape index (κ3) is 3.49. The highest BCUT2D eigenvalue weighted by atomic mass is 19.1. The maximum Gasteiger partial charge on any atom is 0.343 e. The number of hydrogen-bond acceptors (Lipinski definition) is 8. The van der Waals surface area contributed by atoms with Gasteiger partial charge < -0.3 is 30.0 Å². The zero-order valence-electron chi connectivity index (χ0n) is 21.5. The molecular weight excluding hydrogens is 509 g/mol. The number of rotatable bonds is 6. The molecule has 3 atom stereocenters. The molecule has 2 aliphatic heterocycles. The smallest absolute Gasteiger partial charge is 0.343 e. The van der Waals surface area contributed by atoms with Gasteiger partial charge in [0.1, 0.15) is 18.5 Å². The van der Waals surface area contributed by atoms with E-state index in [4.69, 9.17) is 20.2 Å². The van der Waals surface area contributed by atoms with Gasteiger partial charge >= 0.3 is 5.97 Å². The molecular formula is C28H28FN3O7. The van der Waals surface area contributed by atoms with E-state index in [0.29, 0.717) is 51.8 Å². The Labute approximate surface area is 222 Å². The van der Waals surface area contributed by atoms with Crippen LogP contribution in [-0.4, -0.2) is 51.0 Å². The van der Waals surface area contributed by atoms with Crippen molar-refractivity contribution < 1.29 is 33.7 Å². The third-order valence-corrected chi connectivity index (χ3v) is 8.46. The second-order valence-corrected chi connectivity index (χ2v) is 10.4. The van der Waals surface area contributed by atoms with Crippen molar-refractivity contribution in [2.75, 3.05) is 13.2 Å². The fraction of sp³-hybridized carbons (Fsp3) is 0.429. The van der Waals surface area contributed by atoms with Gasteiger partial charge in [-0.25, -0.2) is 14.2 Å². The number of aliphatic hydroxyl groups is 2. The lowest BCUT2D eigenvalue weighted by atomic mass is 9.75. The number of ether oxygens (including phenoxy) is 2. The summed E-state index contributed by atoms with van der Waals surface area (Å²) in [5.41, 5.74) is 7.51. The maximum atomic E-state index is 15.0. The Bertz CT molecular complexity index is 1650. The van der Waals surface area contributed by atoms with E-state index in [0.717, 1.165) is 5.56 Å². The molecule has 0 saturated heterocycles. The fourth-order valence-electron chi connectivity index (χ4n) is 6.47. The van der Waals surface area contributed by atoms with Gasteiger partial charge in [0.15, 0.2) is 5.60 Å². The molecule has 11 heteroatoms. The minimum atomic E-state index is -1.98. The van der Waals surface area contributed by atoms with E-state index in [1.807, 2.05) is 0 Å². The number of nitrogens with zero attached hydrogens (tertiary/aromatic N) is 2. The van der Waals surface area contributed by atoms with Gasteiger partial charge in [0.25, 0.3) is 5.56 Å². The molecule has 4 heterocycles. The molecule has 2 aromatic heterocycles. The highest BCUT2D eigenvalue weighted by Gasteiger charge is 2.46. The van der Waals surface area contributed by atoms with Gasteiger partial charge in [-0.2, -0.15) is 0 Å². The molecule has 1 aromatic carbocycles. The number of aliphatic hydroxyl groups excluding tert-OH is 1. The van der Waals surface area contributed by atoms with Gasteiger partial charge in [-0.3, -0.25) is 9.59 Å². The van der Waals surface area contributed by atoms with Crippen LogP contribution in [0.25, 0.3) is 22.3 Å². The Morgan fingerprint density at radius 3 is 2.79 bits per heavy atom. The summed E-state index contributed by atoms with van der Waals surface area (Å²) < 4.78 is 27.4. The zero-order chi connectivity index (χ0) is 27.8. The van der Waals surface area contributed by atoms with E-state index in [9.17, 15) is 24.6 Å². The number of carbonyl (C=O) groups is 2. The number of cyclic esters (lactones) is 1. The van der Waals surface area contributed by atoms with Gasteiger partial charge in [-0.15, -0.1) is 0 Å². The van der Waals surface area contributed by atoms with Crippen molar-refractivity contribution in [2.24, 2.45) is 5.73 Å². The summed E-state index contributed by atoms with van der Waals surface area (Å²) in [6, 6.07) is 2.93. The molecule has 1 aliphatic carbocycles. The van der Waals surface area contributed by atoms with Crippen LogP contribution in [0.2, 0.25) is 0 Å². The van der Waals surface area contributed by atoms with Crippen molar-refractivity contribution in [1.29, 1.82) is 0 Å². The average molecular weight is 538 g/mol. The largest absolute Gasteiger partial charge is 0.458 e. The predicted octanol–water partition coefficient (Wildman–Crippen LogP) is 1.42. The monoisotopic (exact) mass is 537 g/mol. The van der Waals surface area contributed by atoms with Crippen LogP contribution >= 0.6 is 0 Å². The molecule has 0 radical (unpaired) electrons. The van der Waals surface area contributed by atoms with Crippen molar-refractivity contribution in [3.63, 3.8) is 0 Å². The van der Waals surface area contributed by atoms with Crippen LogP contribution in [0.3, 0.4) is 0 Å². The Morgan fingerprint density at radius 1 is 1.33 bits per heavy atom. The normalized spacial score (nSPS) is 21.8. The molecule has 39 heavy (non-hydrogen) atoms. The van der Waals surface area contributed by atoms with Crippen LogP contribution < -0.4 is 11.3 Å². The predicted molar refractivity (Wildman–Crippen MR) is 136 cm³/mol. The van der Waals surface area contributed by atoms with Gasteiger partial charge in [0.2, 0.25) is 5.91 Å². The molecule has 1 amide bonds. The molecule has 10 nitrogen and oxygen atoms in total. The number of benzene rings is 1. The summed E-state index contributed by atoms with van der Waals surface area (Å²) in [4.78, 5) is 43.5. The van der Waals surface area contributed by atoms with E-state index < -0.39 is 40.9 Å². The van der Waals surface area contributed by atoms with Crippen molar-refractivity contribution >= 4 is 22.8 Å². The number of carbonyl (C=O) groups excluding carboxylic acids is 2. The number of hydrogen-bond donors (Lipinski definition) is 3. The van der Waals surface area contributed by atoms with Crippen LogP contribution in [-0.2, 0) is 44.2 Å². The first-order valence-electron chi connectivity index (χ1n) is 13.0. The standard InChI is InChI=1S/C28H28FN3O7/c1-3-28(37)17-8-20-23-15(10-32(20)26(35)16(17)11-39-27(28)36)21-14(24(25(30)34)38-7-6-33)5-4-13-12(2)18(29)9-19(31-23)22(13)21/h8-9,14,24,33,37H,3-7,10-11H2,1-2H3,(H2,30,34)/t14-,24?,28-/m0/s1. The molecule has 3 aliphatic rings. The molecule has 204 valence electrons. The van der Waals surface area contributed by atoms with Gasteiger partial charge in [-0.05, 0) is 48.9 Å². The highest BCUT2D eigenvalue weighted by Crippen LogP contribution is 2.47. The van der Waals surface area contributed by atoms with Gasteiger partial charge in [0, 0.05) is 28.5 Å². The second-order valence-electron chi connectivity index (χ2n) is 10.4. The molecule has 4 N–H and O–H groups in total. The molecule has 6 rings (SSSR count). The van der Waals surface area contributed by atoms with Crippen molar-refractivity contribution in [2.45, 2.75) is 63.9 Å². The summed E-state index contributed by atoms with van der Waals surface area (Å²) in [6.07, 6.45) is -0.158. The van der Waals surface area contributed by atoms with E-state index in [1.165, 1.54) is 10.6 Å². The number of aryl methyl sites for hydroxylation is 1. The summed E-state index contributed by atoms with van der Waals surface area (Å²) in [7, 11) is 0. The summed E-state index contributed by atoms with van der Waals surface area (Å²) in [5, 5.41) is 21.2. The zero-order valence-corrected chi connectivity index (χ0v) is 21.5. The number of primary amides is 1. The number of fused-ring (bicyclic) bond motifs is 5. The maximum absolute atomic E-state index is 15.0. The SMILES string of the molecule is CC[C@@]1(O)C(=O)OCc2c1cc1n(c2=O)Cc2c-1nc1cc(F)c(C)c3c1c2[C@@H](C(OCCO)C(N)=O)CC3. The number of esters is 1. The Kier molecular flexibility index (Phi) is 5.87. The third-order valence-electron chi connectivity index (χ3n) is 8.46. The van der Waals surface area contributed by atoms with Crippen LogP contribution in [0.15, 0.2) is 16.9 Å². The van der Waals surface area contributed by atoms with E-state index in [1.54, 1.807) is 19.9 Å². The first kappa shape index (κ1) is 25.6. The highest BCUT2D eigenvalue weighted by molar-refractivity contribution is 5.94. The Morgan fingerprint density at radius 2 is 2.10 bits per heavy atom. The number of aromatic nitrogens is 2. The lowest BCUT2D eigenvalue weighted by Crippen LogP contribution is -2.44. The summed E-state index contributed by atoms with van der Waals surface area (Å²) in [5.74, 6) is -2.46. The second kappa shape index (κ2) is 8.94. The van der Waals surface area contributed by atoms with Gasteiger partial charge in [-0.1, -0.05) is 6.92 Å². The average Bonchev–Trinajstić information content (AvgIpc) is 3.28. The molecule has 3 aromatic rings.